The van der Waals surface area contributed by atoms with Crippen LogP contribution < -0.4 is 5.32 Å². The largest absolute Gasteiger partial charge is 0.309 e. The van der Waals surface area contributed by atoms with Crippen molar-refractivity contribution >= 4 is 9.84 Å². The van der Waals surface area contributed by atoms with Crippen LogP contribution >= 0.6 is 0 Å². The second-order valence-electron chi connectivity index (χ2n) is 5.29. The summed E-state index contributed by atoms with van der Waals surface area (Å²) in [6.45, 7) is 3.03. The summed E-state index contributed by atoms with van der Waals surface area (Å²) in [5, 5.41) is 11.3. The van der Waals surface area contributed by atoms with Crippen LogP contribution in [-0.2, 0) is 16.9 Å². The Kier molecular flexibility index (Phi) is 4.57. The molecule has 0 radical (unpaired) electrons. The van der Waals surface area contributed by atoms with E-state index in [9.17, 15) is 8.42 Å². The van der Waals surface area contributed by atoms with Gasteiger partial charge in [-0.2, -0.15) is 0 Å². The highest BCUT2D eigenvalue weighted by Crippen LogP contribution is 2.28. The number of hydrogen-bond donors (Lipinski definition) is 1. The van der Waals surface area contributed by atoms with Gasteiger partial charge in [-0.15, -0.1) is 5.10 Å². The number of hydrogen-bond acceptors (Lipinski definition) is 5. The van der Waals surface area contributed by atoms with Crippen LogP contribution in [0, 0.1) is 5.92 Å². The van der Waals surface area contributed by atoms with Crippen LogP contribution in [0.15, 0.2) is 6.20 Å². The van der Waals surface area contributed by atoms with Gasteiger partial charge in [0.15, 0.2) is 9.84 Å². The Balaban J connectivity index is 2.05. The van der Waals surface area contributed by atoms with E-state index < -0.39 is 9.84 Å². The van der Waals surface area contributed by atoms with Gasteiger partial charge in [0.2, 0.25) is 0 Å². The zero-order valence-corrected chi connectivity index (χ0v) is 12.4. The number of nitrogens with zero attached hydrogens (tertiary/aromatic N) is 3. The van der Waals surface area contributed by atoms with E-state index in [2.05, 4.69) is 22.6 Å². The lowest BCUT2D eigenvalue weighted by Crippen LogP contribution is -2.26. The maximum atomic E-state index is 11.5. The molecular weight excluding hydrogens is 264 g/mol. The van der Waals surface area contributed by atoms with Crippen molar-refractivity contribution in [3.05, 3.63) is 11.9 Å². The molecule has 0 amide bonds. The number of aryl methyl sites for hydroxylation is 1. The lowest BCUT2D eigenvalue weighted by atomic mass is 9.97. The zero-order valence-electron chi connectivity index (χ0n) is 11.5. The molecule has 1 aromatic heterocycles. The Labute approximate surface area is 114 Å². The number of nitrogens with one attached hydrogen (secondary N) is 1. The molecule has 1 aliphatic rings. The van der Waals surface area contributed by atoms with Gasteiger partial charge in [0.05, 0.1) is 29.4 Å². The SMILES string of the molecule is CCCNC(CC1CCS(=O)(=O)C1)c1cnnn1C. The lowest BCUT2D eigenvalue weighted by Gasteiger charge is -2.21. The maximum absolute atomic E-state index is 11.5. The third-order valence-corrected chi connectivity index (χ3v) is 5.48. The molecule has 108 valence electrons. The number of aromatic nitrogens is 3. The van der Waals surface area contributed by atoms with Crippen LogP contribution in [0.2, 0.25) is 0 Å². The lowest BCUT2D eigenvalue weighted by molar-refractivity contribution is 0.397. The van der Waals surface area contributed by atoms with E-state index >= 15 is 0 Å². The topological polar surface area (TPSA) is 76.9 Å². The molecule has 0 aromatic carbocycles. The van der Waals surface area contributed by atoms with E-state index in [1.54, 1.807) is 10.9 Å². The van der Waals surface area contributed by atoms with E-state index in [1.165, 1.54) is 0 Å². The molecule has 7 heteroatoms. The Morgan fingerprint density at radius 1 is 1.58 bits per heavy atom. The first kappa shape index (κ1) is 14.5. The summed E-state index contributed by atoms with van der Waals surface area (Å²) in [6.07, 6.45) is 4.42. The van der Waals surface area contributed by atoms with E-state index in [4.69, 9.17) is 0 Å². The van der Waals surface area contributed by atoms with Crippen LogP contribution in [0.5, 0.6) is 0 Å². The van der Waals surface area contributed by atoms with E-state index in [-0.39, 0.29) is 12.0 Å². The molecule has 0 aliphatic carbocycles. The van der Waals surface area contributed by atoms with E-state index in [0.29, 0.717) is 11.5 Å². The molecular formula is C12H22N4O2S. The molecule has 1 fully saturated rings. The molecule has 1 aromatic rings. The summed E-state index contributed by atoms with van der Waals surface area (Å²) < 4.78 is 24.8. The minimum absolute atomic E-state index is 0.137. The second kappa shape index (κ2) is 6.00. The Bertz CT molecular complexity index is 512. The van der Waals surface area contributed by atoms with Gasteiger partial charge in [0.25, 0.3) is 0 Å². The fourth-order valence-corrected chi connectivity index (χ4v) is 4.51. The molecule has 2 unspecified atom stereocenters. The molecule has 6 nitrogen and oxygen atoms in total. The van der Waals surface area contributed by atoms with Gasteiger partial charge in [0, 0.05) is 7.05 Å². The minimum Gasteiger partial charge on any atom is -0.309 e. The highest BCUT2D eigenvalue weighted by atomic mass is 32.2. The second-order valence-corrected chi connectivity index (χ2v) is 7.52. The van der Waals surface area contributed by atoms with Gasteiger partial charge in [0.1, 0.15) is 0 Å². The molecule has 0 bridgehead atoms. The molecule has 0 saturated carbocycles. The third kappa shape index (κ3) is 3.76. The molecule has 1 N–H and O–H groups in total. The third-order valence-electron chi connectivity index (χ3n) is 3.64. The summed E-state index contributed by atoms with van der Waals surface area (Å²) in [5.41, 5.74) is 1.03. The first-order valence-electron chi connectivity index (χ1n) is 6.80. The molecule has 2 rings (SSSR count). The first-order valence-corrected chi connectivity index (χ1v) is 8.62. The summed E-state index contributed by atoms with van der Waals surface area (Å²) in [4.78, 5) is 0. The van der Waals surface area contributed by atoms with Crippen molar-refractivity contribution in [1.82, 2.24) is 20.3 Å². The predicted molar refractivity (Wildman–Crippen MR) is 73.4 cm³/mol. The summed E-state index contributed by atoms with van der Waals surface area (Å²) in [5.74, 6) is 0.902. The zero-order chi connectivity index (χ0) is 13.9. The minimum atomic E-state index is -2.81. The van der Waals surface area contributed by atoms with Gasteiger partial charge in [-0.05, 0) is 31.7 Å². The van der Waals surface area contributed by atoms with E-state index in [0.717, 1.165) is 31.5 Å². The van der Waals surface area contributed by atoms with Crippen molar-refractivity contribution in [2.75, 3.05) is 18.1 Å². The van der Waals surface area contributed by atoms with Crippen molar-refractivity contribution in [3.8, 4) is 0 Å². The van der Waals surface area contributed by atoms with Crippen molar-refractivity contribution in [1.29, 1.82) is 0 Å². The smallest absolute Gasteiger partial charge is 0.150 e. The summed E-state index contributed by atoms with van der Waals surface area (Å²) >= 11 is 0. The fraction of sp³-hybridized carbons (Fsp3) is 0.833. The molecule has 1 saturated heterocycles. The van der Waals surface area contributed by atoms with Crippen molar-refractivity contribution in [3.63, 3.8) is 0 Å². The maximum Gasteiger partial charge on any atom is 0.150 e. The Morgan fingerprint density at radius 3 is 2.89 bits per heavy atom. The number of rotatable bonds is 6. The quantitative estimate of drug-likeness (QED) is 0.832. The highest BCUT2D eigenvalue weighted by Gasteiger charge is 2.30. The normalized spacial score (nSPS) is 23.6. The average molecular weight is 286 g/mol. The fourth-order valence-electron chi connectivity index (χ4n) is 2.63. The van der Waals surface area contributed by atoms with Gasteiger partial charge in [-0.1, -0.05) is 12.1 Å². The van der Waals surface area contributed by atoms with Crippen molar-refractivity contribution < 1.29 is 8.42 Å². The molecule has 1 aliphatic heterocycles. The van der Waals surface area contributed by atoms with Gasteiger partial charge < -0.3 is 5.32 Å². The first-order chi connectivity index (χ1) is 9.02. The van der Waals surface area contributed by atoms with Crippen LogP contribution in [0.1, 0.15) is 37.9 Å². The highest BCUT2D eigenvalue weighted by molar-refractivity contribution is 7.91. The molecule has 0 spiro atoms. The van der Waals surface area contributed by atoms with Crippen LogP contribution in [0.25, 0.3) is 0 Å². The molecule has 2 atom stereocenters. The van der Waals surface area contributed by atoms with Crippen molar-refractivity contribution in [2.24, 2.45) is 13.0 Å². The summed E-state index contributed by atoms with van der Waals surface area (Å²) in [7, 11) is -0.937. The van der Waals surface area contributed by atoms with Crippen molar-refractivity contribution in [2.45, 2.75) is 32.2 Å². The predicted octanol–water partition coefficient (Wildman–Crippen LogP) is 0.681. The average Bonchev–Trinajstić information content (AvgIpc) is 2.91. The van der Waals surface area contributed by atoms with Gasteiger partial charge >= 0.3 is 0 Å². The van der Waals surface area contributed by atoms with Gasteiger partial charge in [-0.3, -0.25) is 4.68 Å². The Morgan fingerprint density at radius 2 is 2.37 bits per heavy atom. The number of sulfone groups is 1. The van der Waals surface area contributed by atoms with Crippen LogP contribution in [-0.4, -0.2) is 41.5 Å². The van der Waals surface area contributed by atoms with Crippen LogP contribution in [0.4, 0.5) is 0 Å². The monoisotopic (exact) mass is 286 g/mol. The molecule has 2 heterocycles. The molecule has 19 heavy (non-hydrogen) atoms. The van der Waals surface area contributed by atoms with Gasteiger partial charge in [-0.25, -0.2) is 8.42 Å². The standard InChI is InChI=1S/C12H22N4O2S/c1-3-5-13-11(12-8-14-15-16(12)2)7-10-4-6-19(17,18)9-10/h8,10-11,13H,3-7,9H2,1-2H3. The summed E-state index contributed by atoms with van der Waals surface area (Å²) in [6, 6.07) is 0.137. The Hall–Kier alpha value is -0.950. The van der Waals surface area contributed by atoms with Crippen LogP contribution in [0.3, 0.4) is 0 Å². The van der Waals surface area contributed by atoms with E-state index in [1.807, 2.05) is 7.05 Å².